The maximum absolute atomic E-state index is 13.7. The summed E-state index contributed by atoms with van der Waals surface area (Å²) in [5.41, 5.74) is 1.36. The van der Waals surface area contributed by atoms with Crippen LogP contribution in [0.3, 0.4) is 0 Å². The first-order valence-corrected chi connectivity index (χ1v) is 8.65. The molecule has 2 aromatic rings. The van der Waals surface area contributed by atoms with E-state index in [1.165, 1.54) is 37.4 Å². The quantitative estimate of drug-likeness (QED) is 0.827. The predicted octanol–water partition coefficient (Wildman–Crippen LogP) is 2.70. The van der Waals surface area contributed by atoms with Gasteiger partial charge in [0.25, 0.3) is 17.7 Å². The standard InChI is InChI=1S/C20H17FN2O4/c1-23-19(25)13-6-4-11(9-14(13)20(23)26)18(24)22-16-3-2-8-27-17-7-5-12(21)10-15(16)17/h4-7,9-10,16H,2-3,8H2,1H3,(H,22,24). The van der Waals surface area contributed by atoms with E-state index in [1.54, 1.807) is 6.07 Å². The van der Waals surface area contributed by atoms with Gasteiger partial charge in [-0.3, -0.25) is 19.3 Å². The molecule has 0 spiro atoms. The molecule has 3 amide bonds. The van der Waals surface area contributed by atoms with Crippen LogP contribution < -0.4 is 10.1 Å². The summed E-state index contributed by atoms with van der Waals surface area (Å²) in [4.78, 5) is 37.9. The minimum Gasteiger partial charge on any atom is -0.493 e. The van der Waals surface area contributed by atoms with E-state index in [-0.39, 0.29) is 22.6 Å². The number of rotatable bonds is 2. The van der Waals surface area contributed by atoms with E-state index in [0.717, 1.165) is 4.90 Å². The highest BCUT2D eigenvalue weighted by atomic mass is 19.1. The normalized spacial score (nSPS) is 18.4. The van der Waals surface area contributed by atoms with Crippen molar-refractivity contribution in [3.8, 4) is 5.75 Å². The summed E-state index contributed by atoms with van der Waals surface area (Å²) in [7, 11) is 1.40. The molecule has 0 aromatic heterocycles. The summed E-state index contributed by atoms with van der Waals surface area (Å²) >= 11 is 0. The number of hydrogen-bond donors (Lipinski definition) is 1. The van der Waals surface area contributed by atoms with Crippen LogP contribution >= 0.6 is 0 Å². The van der Waals surface area contributed by atoms with Gasteiger partial charge in [-0.05, 0) is 49.2 Å². The number of nitrogens with one attached hydrogen (secondary N) is 1. The molecular weight excluding hydrogens is 351 g/mol. The molecule has 1 N–H and O–H groups in total. The van der Waals surface area contributed by atoms with Gasteiger partial charge in [0.1, 0.15) is 11.6 Å². The van der Waals surface area contributed by atoms with E-state index < -0.39 is 23.7 Å². The summed E-state index contributed by atoms with van der Waals surface area (Å²) < 4.78 is 19.3. The minimum atomic E-state index is -0.431. The molecule has 0 radical (unpaired) electrons. The van der Waals surface area contributed by atoms with Crippen molar-refractivity contribution in [3.63, 3.8) is 0 Å². The fourth-order valence-electron chi connectivity index (χ4n) is 3.44. The van der Waals surface area contributed by atoms with Gasteiger partial charge >= 0.3 is 0 Å². The Morgan fingerprint density at radius 3 is 2.74 bits per heavy atom. The number of fused-ring (bicyclic) bond motifs is 2. The van der Waals surface area contributed by atoms with Gasteiger partial charge in [-0.25, -0.2) is 4.39 Å². The van der Waals surface area contributed by atoms with Crippen LogP contribution in [0.25, 0.3) is 0 Å². The van der Waals surface area contributed by atoms with Crippen LogP contribution in [0.2, 0.25) is 0 Å². The molecule has 0 bridgehead atoms. The number of imide groups is 1. The molecule has 7 heteroatoms. The molecule has 2 aliphatic rings. The fraction of sp³-hybridized carbons (Fsp3) is 0.250. The predicted molar refractivity (Wildman–Crippen MR) is 94.2 cm³/mol. The third-order valence-electron chi connectivity index (χ3n) is 4.90. The first-order valence-electron chi connectivity index (χ1n) is 8.65. The molecule has 2 aliphatic heterocycles. The lowest BCUT2D eigenvalue weighted by atomic mass is 10.0. The molecule has 0 saturated carbocycles. The van der Waals surface area contributed by atoms with Gasteiger partial charge in [0.05, 0.1) is 23.8 Å². The highest BCUT2D eigenvalue weighted by Crippen LogP contribution is 2.32. The Morgan fingerprint density at radius 2 is 1.93 bits per heavy atom. The highest BCUT2D eigenvalue weighted by molar-refractivity contribution is 6.21. The molecule has 6 nitrogen and oxygen atoms in total. The smallest absolute Gasteiger partial charge is 0.261 e. The molecule has 0 aliphatic carbocycles. The zero-order valence-corrected chi connectivity index (χ0v) is 14.6. The number of hydrogen-bond acceptors (Lipinski definition) is 4. The molecule has 1 atom stereocenters. The van der Waals surface area contributed by atoms with E-state index >= 15 is 0 Å². The Kier molecular flexibility index (Phi) is 4.14. The third kappa shape index (κ3) is 2.95. The summed E-state index contributed by atoms with van der Waals surface area (Å²) in [6, 6.07) is 8.27. The van der Waals surface area contributed by atoms with Crippen molar-refractivity contribution in [1.82, 2.24) is 10.2 Å². The van der Waals surface area contributed by atoms with E-state index in [9.17, 15) is 18.8 Å². The maximum Gasteiger partial charge on any atom is 0.261 e. The summed E-state index contributed by atoms with van der Waals surface area (Å²) in [5.74, 6) is -1.05. The molecule has 138 valence electrons. The Bertz CT molecular complexity index is 972. The molecule has 1 unspecified atom stereocenters. The molecule has 4 rings (SSSR count). The SMILES string of the molecule is CN1C(=O)c2ccc(C(=O)NC3CCCOc4ccc(F)cc43)cc2C1=O. The van der Waals surface area contributed by atoms with Gasteiger partial charge in [0.15, 0.2) is 0 Å². The number of carbonyl (C=O) groups excluding carboxylic acids is 3. The number of benzene rings is 2. The van der Waals surface area contributed by atoms with Crippen LogP contribution in [-0.2, 0) is 0 Å². The third-order valence-corrected chi connectivity index (χ3v) is 4.90. The number of amides is 3. The van der Waals surface area contributed by atoms with Crippen LogP contribution in [0.4, 0.5) is 4.39 Å². The fourth-order valence-corrected chi connectivity index (χ4v) is 3.44. The topological polar surface area (TPSA) is 75.7 Å². The van der Waals surface area contributed by atoms with Crippen LogP contribution in [0.15, 0.2) is 36.4 Å². The summed E-state index contributed by atoms with van der Waals surface area (Å²) in [5, 5.41) is 2.89. The maximum atomic E-state index is 13.7. The first-order chi connectivity index (χ1) is 13.0. The minimum absolute atomic E-state index is 0.214. The number of carbonyl (C=O) groups is 3. The monoisotopic (exact) mass is 368 g/mol. The lowest BCUT2D eigenvalue weighted by Crippen LogP contribution is -2.28. The van der Waals surface area contributed by atoms with E-state index in [2.05, 4.69) is 5.32 Å². The van der Waals surface area contributed by atoms with Gasteiger partial charge < -0.3 is 10.1 Å². The van der Waals surface area contributed by atoms with Gasteiger partial charge in [-0.15, -0.1) is 0 Å². The molecule has 2 heterocycles. The summed E-state index contributed by atoms with van der Waals surface area (Å²) in [6.07, 6.45) is 1.32. The van der Waals surface area contributed by atoms with E-state index in [1.807, 2.05) is 0 Å². The van der Waals surface area contributed by atoms with Crippen molar-refractivity contribution >= 4 is 17.7 Å². The lowest BCUT2D eigenvalue weighted by Gasteiger charge is -2.18. The average Bonchev–Trinajstić information content (AvgIpc) is 2.80. The van der Waals surface area contributed by atoms with Crippen molar-refractivity contribution in [2.75, 3.05) is 13.7 Å². The second-order valence-electron chi connectivity index (χ2n) is 6.63. The Labute approximate surface area is 154 Å². The van der Waals surface area contributed by atoms with Crippen LogP contribution in [0.1, 0.15) is 55.5 Å². The molecule has 27 heavy (non-hydrogen) atoms. The van der Waals surface area contributed by atoms with E-state index in [0.29, 0.717) is 30.8 Å². The van der Waals surface area contributed by atoms with Crippen molar-refractivity contribution in [2.24, 2.45) is 0 Å². The van der Waals surface area contributed by atoms with Crippen LogP contribution in [-0.4, -0.2) is 36.3 Å². The zero-order chi connectivity index (χ0) is 19.1. The molecule has 0 fully saturated rings. The average molecular weight is 368 g/mol. The number of ether oxygens (including phenoxy) is 1. The molecule has 2 aromatic carbocycles. The number of halogens is 1. The van der Waals surface area contributed by atoms with Crippen molar-refractivity contribution in [3.05, 3.63) is 64.5 Å². The Hall–Kier alpha value is -3.22. The van der Waals surface area contributed by atoms with Crippen LogP contribution in [0, 0.1) is 5.82 Å². The Balaban J connectivity index is 1.62. The lowest BCUT2D eigenvalue weighted by molar-refractivity contribution is 0.0693. The second kappa shape index (κ2) is 6.50. The van der Waals surface area contributed by atoms with Crippen molar-refractivity contribution in [2.45, 2.75) is 18.9 Å². The van der Waals surface area contributed by atoms with Crippen molar-refractivity contribution < 1.29 is 23.5 Å². The largest absolute Gasteiger partial charge is 0.493 e. The van der Waals surface area contributed by atoms with Gasteiger partial charge in [-0.1, -0.05) is 0 Å². The Morgan fingerprint density at radius 1 is 1.15 bits per heavy atom. The van der Waals surface area contributed by atoms with E-state index in [4.69, 9.17) is 4.74 Å². The van der Waals surface area contributed by atoms with Crippen molar-refractivity contribution in [1.29, 1.82) is 0 Å². The van der Waals surface area contributed by atoms with Gasteiger partial charge in [0, 0.05) is 18.2 Å². The van der Waals surface area contributed by atoms with Crippen LogP contribution in [0.5, 0.6) is 5.75 Å². The first kappa shape index (κ1) is 17.2. The van der Waals surface area contributed by atoms with Gasteiger partial charge in [0.2, 0.25) is 0 Å². The second-order valence-corrected chi connectivity index (χ2v) is 6.63. The van der Waals surface area contributed by atoms with Gasteiger partial charge in [-0.2, -0.15) is 0 Å². The molecule has 0 saturated heterocycles. The molecular formula is C20H17FN2O4. The summed E-state index contributed by atoms with van der Waals surface area (Å²) in [6.45, 7) is 0.493. The highest BCUT2D eigenvalue weighted by Gasteiger charge is 2.33. The zero-order valence-electron chi connectivity index (χ0n) is 14.6. The number of nitrogens with zero attached hydrogens (tertiary/aromatic N) is 1.